The van der Waals surface area contributed by atoms with Gasteiger partial charge in [-0.05, 0) is 42.0 Å². The van der Waals surface area contributed by atoms with E-state index in [-0.39, 0.29) is 12.4 Å². The number of methoxy groups -OCH3 is 2. The Bertz CT molecular complexity index is 932. The van der Waals surface area contributed by atoms with Crippen molar-refractivity contribution in [2.24, 2.45) is 0 Å². The van der Waals surface area contributed by atoms with E-state index in [4.69, 9.17) is 25.8 Å². The highest BCUT2D eigenvalue weighted by atomic mass is 35.5. The minimum atomic E-state index is -0.312. The lowest BCUT2D eigenvalue weighted by Gasteiger charge is -2.15. The van der Waals surface area contributed by atoms with Crippen LogP contribution < -0.4 is 19.5 Å². The minimum Gasteiger partial charge on any atom is -0.497 e. The maximum Gasteiger partial charge on any atom is 0.163 e. The Morgan fingerprint density at radius 1 is 0.893 bits per heavy atom. The summed E-state index contributed by atoms with van der Waals surface area (Å²) >= 11 is 6.42. The first-order valence-electron chi connectivity index (χ1n) is 8.71. The van der Waals surface area contributed by atoms with Crippen LogP contribution in [0.1, 0.15) is 11.1 Å². The van der Waals surface area contributed by atoms with Gasteiger partial charge in [-0.3, -0.25) is 0 Å². The van der Waals surface area contributed by atoms with Gasteiger partial charge in [-0.25, -0.2) is 4.39 Å². The fourth-order valence-electron chi connectivity index (χ4n) is 2.66. The van der Waals surface area contributed by atoms with Gasteiger partial charge in [0.15, 0.2) is 11.5 Å². The van der Waals surface area contributed by atoms with Crippen LogP contribution in [-0.4, -0.2) is 14.2 Å². The Hall–Kier alpha value is -2.92. The van der Waals surface area contributed by atoms with Crippen LogP contribution in [0.4, 0.5) is 10.1 Å². The van der Waals surface area contributed by atoms with Crippen LogP contribution in [0.25, 0.3) is 0 Å². The van der Waals surface area contributed by atoms with Gasteiger partial charge in [0.1, 0.15) is 18.2 Å². The van der Waals surface area contributed by atoms with E-state index in [0.29, 0.717) is 28.6 Å². The first kappa shape index (κ1) is 19.8. The molecule has 0 fully saturated rings. The van der Waals surface area contributed by atoms with Gasteiger partial charge in [0, 0.05) is 28.9 Å². The summed E-state index contributed by atoms with van der Waals surface area (Å²) in [6.45, 7) is 0.595. The van der Waals surface area contributed by atoms with Crippen molar-refractivity contribution in [1.29, 1.82) is 0 Å². The summed E-state index contributed by atoms with van der Waals surface area (Å²) in [5.41, 5.74) is 2.26. The van der Waals surface area contributed by atoms with Crippen molar-refractivity contribution in [3.05, 3.63) is 82.6 Å². The zero-order valence-corrected chi connectivity index (χ0v) is 16.4. The van der Waals surface area contributed by atoms with Gasteiger partial charge in [-0.2, -0.15) is 0 Å². The first-order valence-corrected chi connectivity index (χ1v) is 9.09. The number of hydrogen-bond acceptors (Lipinski definition) is 4. The summed E-state index contributed by atoms with van der Waals surface area (Å²) in [5.74, 6) is 1.48. The maximum atomic E-state index is 13.8. The number of rotatable bonds is 8. The SMILES string of the molecule is COc1ccc(NCc2cc(OC)c(OCc3ccccc3F)cc2Cl)cc1. The van der Waals surface area contributed by atoms with E-state index in [1.165, 1.54) is 6.07 Å². The van der Waals surface area contributed by atoms with Crippen molar-refractivity contribution in [3.63, 3.8) is 0 Å². The van der Waals surface area contributed by atoms with Crippen molar-refractivity contribution in [3.8, 4) is 17.2 Å². The third kappa shape index (κ3) is 4.87. The van der Waals surface area contributed by atoms with Gasteiger partial charge >= 0.3 is 0 Å². The number of benzene rings is 3. The van der Waals surface area contributed by atoms with Crippen molar-refractivity contribution >= 4 is 17.3 Å². The van der Waals surface area contributed by atoms with Crippen molar-refractivity contribution in [2.45, 2.75) is 13.2 Å². The van der Waals surface area contributed by atoms with Gasteiger partial charge in [-0.15, -0.1) is 0 Å². The zero-order chi connectivity index (χ0) is 19.9. The Morgan fingerprint density at radius 2 is 1.64 bits per heavy atom. The fraction of sp³-hybridized carbons (Fsp3) is 0.182. The molecule has 0 heterocycles. The molecule has 4 nitrogen and oxygen atoms in total. The van der Waals surface area contributed by atoms with E-state index < -0.39 is 0 Å². The molecule has 0 saturated heterocycles. The summed E-state index contributed by atoms with van der Waals surface area (Å²) < 4.78 is 30.1. The molecule has 3 aromatic carbocycles. The largest absolute Gasteiger partial charge is 0.497 e. The van der Waals surface area contributed by atoms with Gasteiger partial charge in [0.05, 0.1) is 14.2 Å². The third-order valence-corrected chi connectivity index (χ3v) is 4.60. The lowest BCUT2D eigenvalue weighted by atomic mass is 10.2. The lowest BCUT2D eigenvalue weighted by molar-refractivity contribution is 0.279. The summed E-state index contributed by atoms with van der Waals surface area (Å²) in [6, 6.07) is 17.6. The second kappa shape index (κ2) is 9.33. The molecule has 146 valence electrons. The van der Waals surface area contributed by atoms with Gasteiger partial charge < -0.3 is 19.5 Å². The Kier molecular flexibility index (Phi) is 6.61. The molecule has 3 rings (SSSR count). The monoisotopic (exact) mass is 401 g/mol. The normalized spacial score (nSPS) is 10.4. The maximum absolute atomic E-state index is 13.8. The summed E-state index contributed by atoms with van der Waals surface area (Å²) in [5, 5.41) is 3.84. The first-order chi connectivity index (χ1) is 13.6. The average molecular weight is 402 g/mol. The predicted octanol–water partition coefficient (Wildman–Crippen LogP) is 5.69. The molecule has 0 aliphatic carbocycles. The molecular weight excluding hydrogens is 381 g/mol. The van der Waals surface area contributed by atoms with Crippen molar-refractivity contribution in [2.75, 3.05) is 19.5 Å². The van der Waals surface area contributed by atoms with Crippen LogP contribution in [0.5, 0.6) is 17.2 Å². The fourth-order valence-corrected chi connectivity index (χ4v) is 2.88. The molecule has 6 heteroatoms. The standard InChI is InChI=1S/C22H21ClFNO3/c1-26-18-9-7-17(8-10-18)25-13-16-11-21(27-2)22(12-19(16)23)28-14-15-5-3-4-6-20(15)24/h3-12,25H,13-14H2,1-2H3. The van der Waals surface area contributed by atoms with Crippen LogP contribution in [0.15, 0.2) is 60.7 Å². The van der Waals surface area contributed by atoms with Crippen LogP contribution in [-0.2, 0) is 13.2 Å². The summed E-state index contributed by atoms with van der Waals surface area (Å²) in [6.07, 6.45) is 0. The molecule has 0 amide bonds. The molecule has 0 aromatic heterocycles. The van der Waals surface area contributed by atoms with E-state index in [9.17, 15) is 4.39 Å². The highest BCUT2D eigenvalue weighted by Gasteiger charge is 2.12. The number of anilines is 1. The highest BCUT2D eigenvalue weighted by Crippen LogP contribution is 2.34. The highest BCUT2D eigenvalue weighted by molar-refractivity contribution is 6.31. The van der Waals surface area contributed by atoms with E-state index in [0.717, 1.165) is 17.0 Å². The molecular formula is C22H21ClFNO3. The van der Waals surface area contributed by atoms with Crippen LogP contribution in [0, 0.1) is 5.82 Å². The topological polar surface area (TPSA) is 39.7 Å². The molecule has 0 saturated carbocycles. The van der Waals surface area contributed by atoms with Crippen LogP contribution in [0.2, 0.25) is 5.02 Å². The quantitative estimate of drug-likeness (QED) is 0.526. The van der Waals surface area contributed by atoms with E-state index in [1.54, 1.807) is 38.5 Å². The number of ether oxygens (including phenoxy) is 3. The molecule has 0 bridgehead atoms. The number of nitrogens with one attached hydrogen (secondary N) is 1. The molecule has 28 heavy (non-hydrogen) atoms. The third-order valence-electron chi connectivity index (χ3n) is 4.25. The van der Waals surface area contributed by atoms with Crippen LogP contribution >= 0.6 is 11.6 Å². The Labute approximate surface area is 168 Å². The zero-order valence-electron chi connectivity index (χ0n) is 15.7. The summed E-state index contributed by atoms with van der Waals surface area (Å²) in [7, 11) is 3.18. The number of halogens is 2. The molecule has 0 spiro atoms. The molecule has 0 aliphatic heterocycles. The molecule has 0 unspecified atom stereocenters. The average Bonchev–Trinajstić information content (AvgIpc) is 2.72. The number of hydrogen-bond donors (Lipinski definition) is 1. The molecule has 3 aromatic rings. The van der Waals surface area contributed by atoms with E-state index >= 15 is 0 Å². The van der Waals surface area contributed by atoms with Crippen LogP contribution in [0.3, 0.4) is 0 Å². The summed E-state index contributed by atoms with van der Waals surface area (Å²) in [4.78, 5) is 0. The molecule has 1 N–H and O–H groups in total. The molecule has 0 aliphatic rings. The predicted molar refractivity (Wildman–Crippen MR) is 109 cm³/mol. The molecule has 0 atom stereocenters. The Morgan fingerprint density at radius 3 is 2.32 bits per heavy atom. The Balaban J connectivity index is 1.70. The van der Waals surface area contributed by atoms with E-state index in [2.05, 4.69) is 5.32 Å². The second-order valence-electron chi connectivity index (χ2n) is 6.06. The van der Waals surface area contributed by atoms with Gasteiger partial charge in [-0.1, -0.05) is 29.8 Å². The smallest absolute Gasteiger partial charge is 0.163 e. The lowest BCUT2D eigenvalue weighted by Crippen LogP contribution is -2.03. The van der Waals surface area contributed by atoms with Gasteiger partial charge in [0.2, 0.25) is 0 Å². The van der Waals surface area contributed by atoms with Gasteiger partial charge in [0.25, 0.3) is 0 Å². The van der Waals surface area contributed by atoms with E-state index in [1.807, 2.05) is 30.3 Å². The molecule has 0 radical (unpaired) electrons. The van der Waals surface area contributed by atoms with Crippen molar-refractivity contribution < 1.29 is 18.6 Å². The second-order valence-corrected chi connectivity index (χ2v) is 6.46. The van der Waals surface area contributed by atoms with Crippen molar-refractivity contribution in [1.82, 2.24) is 0 Å². The minimum absolute atomic E-state index is 0.0861.